The van der Waals surface area contributed by atoms with Gasteiger partial charge in [-0.1, -0.05) is 0 Å². The summed E-state index contributed by atoms with van der Waals surface area (Å²) in [5, 5.41) is 0. The van der Waals surface area contributed by atoms with Crippen molar-refractivity contribution in [3.05, 3.63) is 29.8 Å². The summed E-state index contributed by atoms with van der Waals surface area (Å²) in [4.78, 5) is 40.6. The molecule has 1 aliphatic heterocycles. The summed E-state index contributed by atoms with van der Waals surface area (Å²) in [5.74, 6) is -0.516. The molecule has 0 bridgehead atoms. The number of carbonyl (C=O) groups is 3. The van der Waals surface area contributed by atoms with E-state index in [0.717, 1.165) is 36.8 Å². The summed E-state index contributed by atoms with van der Waals surface area (Å²) in [6.45, 7) is 10.6. The Morgan fingerprint density at radius 2 is 1.63 bits per heavy atom. The molecule has 0 unspecified atom stereocenters. The number of rotatable bonds is 6. The summed E-state index contributed by atoms with van der Waals surface area (Å²) in [6, 6.07) is 7.31. The zero-order valence-electron chi connectivity index (χ0n) is 16.4. The highest BCUT2D eigenvalue weighted by Gasteiger charge is 2.23. The van der Waals surface area contributed by atoms with E-state index in [0.29, 0.717) is 18.7 Å². The summed E-state index contributed by atoms with van der Waals surface area (Å²) < 4.78 is 0. The number of hydrazine groups is 1. The summed E-state index contributed by atoms with van der Waals surface area (Å²) in [6.07, 6.45) is 0. The van der Waals surface area contributed by atoms with Crippen LogP contribution in [0.15, 0.2) is 24.3 Å². The van der Waals surface area contributed by atoms with Crippen LogP contribution in [0.4, 0.5) is 5.69 Å². The number of hydrogen-bond donors (Lipinski definition) is 3. The van der Waals surface area contributed by atoms with Crippen LogP contribution in [0.3, 0.4) is 0 Å². The van der Waals surface area contributed by atoms with Gasteiger partial charge in [0.2, 0.25) is 5.91 Å². The lowest BCUT2D eigenvalue weighted by Crippen LogP contribution is -3.16. The first-order valence-electron chi connectivity index (χ1n) is 9.47. The van der Waals surface area contributed by atoms with Crippen LogP contribution >= 0.6 is 0 Å². The van der Waals surface area contributed by atoms with Gasteiger partial charge in [-0.15, -0.1) is 0 Å². The molecule has 0 atom stereocenters. The van der Waals surface area contributed by atoms with Gasteiger partial charge in [-0.25, -0.2) is 0 Å². The number of carbonyl (C=O) groups excluding carboxylic acids is 3. The minimum absolute atomic E-state index is 0.0674. The number of quaternary nitrogens is 1. The lowest BCUT2D eigenvalue weighted by atomic mass is 10.2. The van der Waals surface area contributed by atoms with E-state index in [-0.39, 0.29) is 24.3 Å². The Bertz CT molecular complexity index is 650. The van der Waals surface area contributed by atoms with Crippen molar-refractivity contribution in [3.8, 4) is 0 Å². The van der Waals surface area contributed by atoms with Crippen molar-refractivity contribution < 1.29 is 19.3 Å². The van der Waals surface area contributed by atoms with Gasteiger partial charge in [0.05, 0.1) is 26.2 Å². The first-order valence-corrected chi connectivity index (χ1v) is 9.47. The number of benzene rings is 1. The van der Waals surface area contributed by atoms with Crippen molar-refractivity contribution in [3.63, 3.8) is 0 Å². The third-order valence-corrected chi connectivity index (χ3v) is 4.90. The van der Waals surface area contributed by atoms with Crippen LogP contribution < -0.4 is 20.7 Å². The standard InChI is InChI=1S/C19H29N5O3/c1-4-23(5-2)17-8-6-16(7-9-17)19(27)21-20-18(26)14-22-10-12-24(13-11-22)15(3)25/h6-9H,4-5,10-14H2,1-3H3,(H,20,26)(H,21,27)/p+1. The molecule has 1 fully saturated rings. The second-order valence-electron chi connectivity index (χ2n) is 6.65. The van der Waals surface area contributed by atoms with E-state index in [9.17, 15) is 14.4 Å². The van der Waals surface area contributed by atoms with E-state index in [1.807, 2.05) is 12.1 Å². The Labute approximate surface area is 160 Å². The first-order chi connectivity index (χ1) is 12.9. The zero-order chi connectivity index (χ0) is 19.8. The van der Waals surface area contributed by atoms with Gasteiger partial charge in [-0.3, -0.25) is 25.2 Å². The number of nitrogens with zero attached hydrogens (tertiary/aromatic N) is 2. The zero-order valence-corrected chi connectivity index (χ0v) is 16.4. The Morgan fingerprint density at radius 3 is 2.15 bits per heavy atom. The molecule has 3 amide bonds. The van der Waals surface area contributed by atoms with Crippen molar-refractivity contribution in [2.45, 2.75) is 20.8 Å². The fourth-order valence-corrected chi connectivity index (χ4v) is 3.20. The van der Waals surface area contributed by atoms with Gasteiger partial charge < -0.3 is 14.7 Å². The highest BCUT2D eigenvalue weighted by atomic mass is 16.2. The SMILES string of the molecule is CCN(CC)c1ccc(C(=O)NNC(=O)C[NH+]2CCN(C(C)=O)CC2)cc1. The van der Waals surface area contributed by atoms with Crippen molar-refractivity contribution in [1.29, 1.82) is 0 Å². The van der Waals surface area contributed by atoms with Crippen molar-refractivity contribution in [1.82, 2.24) is 15.8 Å². The maximum Gasteiger partial charge on any atom is 0.293 e. The van der Waals surface area contributed by atoms with E-state index in [4.69, 9.17) is 0 Å². The quantitative estimate of drug-likeness (QED) is 0.559. The van der Waals surface area contributed by atoms with Crippen LogP contribution in [0.5, 0.6) is 0 Å². The number of piperazine rings is 1. The lowest BCUT2D eigenvalue weighted by Gasteiger charge is -2.31. The molecule has 148 valence electrons. The molecule has 8 heteroatoms. The van der Waals surface area contributed by atoms with Gasteiger partial charge >= 0.3 is 0 Å². The van der Waals surface area contributed by atoms with Crippen LogP contribution in [0, 0.1) is 0 Å². The molecule has 0 saturated carbocycles. The van der Waals surface area contributed by atoms with Gasteiger partial charge in [0, 0.05) is 31.3 Å². The Hall–Kier alpha value is -2.61. The fourth-order valence-electron chi connectivity index (χ4n) is 3.20. The molecule has 0 aromatic heterocycles. The topological polar surface area (TPSA) is 86.2 Å². The third kappa shape index (κ3) is 5.96. The second kappa shape index (κ2) is 9.91. The molecule has 0 aliphatic carbocycles. The average molecular weight is 376 g/mol. The molecule has 27 heavy (non-hydrogen) atoms. The predicted molar refractivity (Wildman–Crippen MR) is 103 cm³/mol. The summed E-state index contributed by atoms with van der Waals surface area (Å²) in [7, 11) is 0. The van der Waals surface area contributed by atoms with Crippen LogP contribution in [0.1, 0.15) is 31.1 Å². The number of hydrogen-bond acceptors (Lipinski definition) is 4. The molecule has 1 aromatic carbocycles. The average Bonchev–Trinajstić information content (AvgIpc) is 2.68. The first kappa shape index (κ1) is 20.7. The molecule has 0 spiro atoms. The largest absolute Gasteiger partial charge is 0.372 e. The van der Waals surface area contributed by atoms with Crippen molar-refractivity contribution in [2.75, 3.05) is 50.7 Å². The Balaban J connectivity index is 1.76. The smallest absolute Gasteiger partial charge is 0.293 e. The van der Waals surface area contributed by atoms with Crippen LogP contribution in [0.2, 0.25) is 0 Å². The highest BCUT2D eigenvalue weighted by Crippen LogP contribution is 2.14. The van der Waals surface area contributed by atoms with Crippen LogP contribution in [-0.2, 0) is 9.59 Å². The van der Waals surface area contributed by atoms with Gasteiger partial charge in [0.1, 0.15) is 0 Å². The van der Waals surface area contributed by atoms with Gasteiger partial charge in [0.15, 0.2) is 6.54 Å². The molecule has 1 aliphatic rings. The Morgan fingerprint density at radius 1 is 1.04 bits per heavy atom. The second-order valence-corrected chi connectivity index (χ2v) is 6.65. The van der Waals surface area contributed by atoms with Gasteiger partial charge in [-0.2, -0.15) is 0 Å². The fraction of sp³-hybridized carbons (Fsp3) is 0.526. The maximum atomic E-state index is 12.2. The molecule has 2 rings (SSSR count). The Kier molecular flexibility index (Phi) is 7.60. The molecule has 0 radical (unpaired) electrons. The summed E-state index contributed by atoms with van der Waals surface area (Å²) in [5.41, 5.74) is 6.49. The highest BCUT2D eigenvalue weighted by molar-refractivity contribution is 5.95. The summed E-state index contributed by atoms with van der Waals surface area (Å²) >= 11 is 0. The van der Waals surface area contributed by atoms with Crippen molar-refractivity contribution in [2.24, 2.45) is 0 Å². The van der Waals surface area contributed by atoms with E-state index in [1.54, 1.807) is 24.0 Å². The molecule has 1 saturated heterocycles. The normalized spacial score (nSPS) is 14.6. The van der Waals surface area contributed by atoms with Crippen molar-refractivity contribution >= 4 is 23.4 Å². The molecular weight excluding hydrogens is 346 g/mol. The van der Waals surface area contributed by atoms with E-state index in [2.05, 4.69) is 29.6 Å². The van der Waals surface area contributed by atoms with E-state index < -0.39 is 0 Å². The monoisotopic (exact) mass is 376 g/mol. The number of amides is 3. The minimum atomic E-state index is -0.342. The third-order valence-electron chi connectivity index (χ3n) is 4.90. The number of nitrogens with one attached hydrogen (secondary N) is 3. The van der Waals surface area contributed by atoms with Crippen LogP contribution in [-0.4, -0.2) is 68.4 Å². The predicted octanol–water partition coefficient (Wildman–Crippen LogP) is -0.959. The molecule has 1 aromatic rings. The lowest BCUT2D eigenvalue weighted by molar-refractivity contribution is -0.896. The molecule has 3 N–H and O–H groups in total. The maximum absolute atomic E-state index is 12.2. The van der Waals surface area contributed by atoms with E-state index >= 15 is 0 Å². The number of anilines is 1. The minimum Gasteiger partial charge on any atom is -0.372 e. The van der Waals surface area contributed by atoms with Gasteiger partial charge in [0.25, 0.3) is 11.8 Å². The molecule has 8 nitrogen and oxygen atoms in total. The molecule has 1 heterocycles. The van der Waals surface area contributed by atoms with Gasteiger partial charge in [-0.05, 0) is 38.1 Å². The van der Waals surface area contributed by atoms with Crippen LogP contribution in [0.25, 0.3) is 0 Å². The molecular formula is C19H30N5O3+. The van der Waals surface area contributed by atoms with E-state index in [1.165, 1.54) is 0 Å².